The van der Waals surface area contributed by atoms with Crippen LogP contribution in [0.15, 0.2) is 30.3 Å². The third-order valence-corrected chi connectivity index (χ3v) is 8.72. The normalized spacial score (nSPS) is 28.7. The smallest absolute Gasteiger partial charge is 0.306 e. The second kappa shape index (κ2) is 10.2. The quantitative estimate of drug-likeness (QED) is 0.532. The van der Waals surface area contributed by atoms with Gasteiger partial charge in [0, 0.05) is 25.0 Å². The van der Waals surface area contributed by atoms with E-state index in [4.69, 9.17) is 9.72 Å². The van der Waals surface area contributed by atoms with Gasteiger partial charge in [-0.15, -0.1) is 0 Å². The van der Waals surface area contributed by atoms with Crippen LogP contribution in [0.5, 0.6) is 5.75 Å². The SMILES string of the molecule is CC(C)[C@H]1CCCC[C@H]1Oc1ccc2nc(CN3CC(C4CCCC(C(=O)O)C4)C3)ccc2c1. The van der Waals surface area contributed by atoms with E-state index in [1.807, 2.05) is 0 Å². The van der Waals surface area contributed by atoms with Gasteiger partial charge < -0.3 is 9.84 Å². The summed E-state index contributed by atoms with van der Waals surface area (Å²) >= 11 is 0. The Morgan fingerprint density at radius 2 is 1.88 bits per heavy atom. The number of pyridine rings is 1. The van der Waals surface area contributed by atoms with Crippen molar-refractivity contribution in [3.8, 4) is 5.75 Å². The molecule has 184 valence electrons. The van der Waals surface area contributed by atoms with Crippen LogP contribution in [0.25, 0.3) is 10.9 Å². The van der Waals surface area contributed by atoms with Crippen molar-refractivity contribution in [3.63, 3.8) is 0 Å². The lowest BCUT2D eigenvalue weighted by molar-refractivity contribution is -0.144. The highest BCUT2D eigenvalue weighted by Gasteiger charge is 2.37. The molecule has 0 amide bonds. The molecule has 3 aliphatic rings. The predicted octanol–water partition coefficient (Wildman–Crippen LogP) is 6.15. The van der Waals surface area contributed by atoms with Crippen LogP contribution >= 0.6 is 0 Å². The minimum absolute atomic E-state index is 0.127. The van der Waals surface area contributed by atoms with Gasteiger partial charge in [-0.25, -0.2) is 0 Å². The molecule has 3 fully saturated rings. The number of ether oxygens (including phenoxy) is 1. The molecule has 34 heavy (non-hydrogen) atoms. The van der Waals surface area contributed by atoms with Gasteiger partial charge in [0.15, 0.2) is 0 Å². The van der Waals surface area contributed by atoms with E-state index in [2.05, 4.69) is 49.1 Å². The lowest BCUT2D eigenvalue weighted by Crippen LogP contribution is -2.50. The number of carboxylic acid groups (broad SMARTS) is 1. The minimum Gasteiger partial charge on any atom is -0.490 e. The van der Waals surface area contributed by atoms with Gasteiger partial charge in [-0.3, -0.25) is 14.7 Å². The zero-order valence-corrected chi connectivity index (χ0v) is 20.8. The summed E-state index contributed by atoms with van der Waals surface area (Å²) in [7, 11) is 0. The molecular formula is C29H40N2O3. The summed E-state index contributed by atoms with van der Waals surface area (Å²) in [6.07, 6.45) is 9.34. The van der Waals surface area contributed by atoms with E-state index in [0.717, 1.165) is 67.7 Å². The average molecular weight is 465 g/mol. The van der Waals surface area contributed by atoms with Crippen molar-refractivity contribution in [1.29, 1.82) is 0 Å². The summed E-state index contributed by atoms with van der Waals surface area (Å²) in [6.45, 7) is 7.66. The first kappa shape index (κ1) is 23.6. The molecule has 2 aromatic rings. The zero-order valence-electron chi connectivity index (χ0n) is 20.8. The van der Waals surface area contributed by atoms with Crippen LogP contribution < -0.4 is 4.74 Å². The Morgan fingerprint density at radius 3 is 2.68 bits per heavy atom. The Balaban J connectivity index is 1.17. The van der Waals surface area contributed by atoms with Gasteiger partial charge >= 0.3 is 5.97 Å². The first-order valence-electron chi connectivity index (χ1n) is 13.5. The van der Waals surface area contributed by atoms with Crippen molar-refractivity contribution in [2.75, 3.05) is 13.1 Å². The number of rotatable bonds is 7. The van der Waals surface area contributed by atoms with Crippen LogP contribution in [0.4, 0.5) is 0 Å². The van der Waals surface area contributed by atoms with Crippen molar-refractivity contribution in [3.05, 3.63) is 36.0 Å². The molecule has 2 unspecified atom stereocenters. The van der Waals surface area contributed by atoms with E-state index in [1.165, 1.54) is 25.7 Å². The number of benzene rings is 1. The fourth-order valence-electron chi connectivity index (χ4n) is 6.66. The summed E-state index contributed by atoms with van der Waals surface area (Å²) < 4.78 is 6.48. The van der Waals surface area contributed by atoms with Crippen LogP contribution in [0, 0.1) is 29.6 Å². The third kappa shape index (κ3) is 5.25. The minimum atomic E-state index is -0.603. The number of hydrogen-bond acceptors (Lipinski definition) is 4. The van der Waals surface area contributed by atoms with Crippen molar-refractivity contribution in [2.24, 2.45) is 29.6 Å². The first-order chi connectivity index (χ1) is 16.5. The maximum atomic E-state index is 11.4. The molecule has 0 radical (unpaired) electrons. The Hall–Kier alpha value is -2.14. The Morgan fingerprint density at radius 1 is 1.06 bits per heavy atom. The van der Waals surface area contributed by atoms with Crippen LogP contribution in [0.1, 0.15) is 70.9 Å². The molecule has 1 aromatic heterocycles. The summed E-state index contributed by atoms with van der Waals surface area (Å²) in [5.41, 5.74) is 2.14. The number of likely N-dealkylation sites (tertiary alicyclic amines) is 1. The molecule has 2 heterocycles. The van der Waals surface area contributed by atoms with Crippen molar-refractivity contribution in [1.82, 2.24) is 9.88 Å². The van der Waals surface area contributed by atoms with E-state index in [1.54, 1.807) is 0 Å². The molecule has 1 aliphatic heterocycles. The highest BCUT2D eigenvalue weighted by atomic mass is 16.5. The monoisotopic (exact) mass is 464 g/mol. The Kier molecular flexibility index (Phi) is 7.10. The van der Waals surface area contributed by atoms with Gasteiger partial charge in [0.1, 0.15) is 11.9 Å². The van der Waals surface area contributed by atoms with Gasteiger partial charge in [0.2, 0.25) is 0 Å². The largest absolute Gasteiger partial charge is 0.490 e. The summed E-state index contributed by atoms with van der Waals surface area (Å²) in [5.74, 6) is 2.77. The maximum Gasteiger partial charge on any atom is 0.306 e. The molecule has 1 aromatic carbocycles. The Bertz CT molecular complexity index is 1000. The van der Waals surface area contributed by atoms with Crippen LogP contribution in [-0.2, 0) is 11.3 Å². The van der Waals surface area contributed by atoms with Gasteiger partial charge in [-0.2, -0.15) is 0 Å². The number of hydrogen-bond donors (Lipinski definition) is 1. The topological polar surface area (TPSA) is 62.7 Å². The highest BCUT2D eigenvalue weighted by Crippen LogP contribution is 2.38. The standard InChI is InChI=1S/C29H40N2O3/c1-19(2)26-8-3-4-9-28(26)34-25-12-13-27-21(15-25)10-11-24(30-27)18-31-16-23(17-31)20-6-5-7-22(14-20)29(32)33/h10-13,15,19-20,22-23,26,28H,3-9,14,16-18H2,1-2H3,(H,32,33)/t20?,22?,26-,28-/m1/s1. The molecule has 5 heteroatoms. The number of nitrogens with zero attached hydrogens (tertiary/aromatic N) is 2. The van der Waals surface area contributed by atoms with Gasteiger partial charge in [-0.1, -0.05) is 39.2 Å². The molecule has 1 N–H and O–H groups in total. The molecule has 0 spiro atoms. The van der Waals surface area contributed by atoms with Crippen LogP contribution in [0.2, 0.25) is 0 Å². The van der Waals surface area contributed by atoms with Gasteiger partial charge in [0.05, 0.1) is 17.1 Å². The van der Waals surface area contributed by atoms with E-state index in [0.29, 0.717) is 29.8 Å². The molecule has 0 bridgehead atoms. The number of carboxylic acids is 1. The zero-order chi connectivity index (χ0) is 23.7. The molecule has 2 aliphatic carbocycles. The third-order valence-electron chi connectivity index (χ3n) is 8.72. The van der Waals surface area contributed by atoms with E-state index < -0.39 is 5.97 Å². The predicted molar refractivity (Wildman–Crippen MR) is 135 cm³/mol. The molecule has 2 saturated carbocycles. The molecule has 4 atom stereocenters. The van der Waals surface area contributed by atoms with E-state index in [-0.39, 0.29) is 5.92 Å². The van der Waals surface area contributed by atoms with E-state index >= 15 is 0 Å². The maximum absolute atomic E-state index is 11.4. The number of aliphatic carboxylic acids is 1. The van der Waals surface area contributed by atoms with Crippen LogP contribution in [0.3, 0.4) is 0 Å². The second-order valence-corrected chi connectivity index (χ2v) is 11.4. The van der Waals surface area contributed by atoms with Gasteiger partial charge in [0.25, 0.3) is 0 Å². The number of aromatic nitrogens is 1. The van der Waals surface area contributed by atoms with Crippen molar-refractivity contribution in [2.45, 2.75) is 77.9 Å². The van der Waals surface area contributed by atoms with Crippen molar-refractivity contribution >= 4 is 16.9 Å². The molecule has 5 nitrogen and oxygen atoms in total. The lowest BCUT2D eigenvalue weighted by atomic mass is 9.72. The van der Waals surface area contributed by atoms with Gasteiger partial charge in [-0.05, 0) is 80.0 Å². The molecular weight excluding hydrogens is 424 g/mol. The molecule has 5 rings (SSSR count). The van der Waals surface area contributed by atoms with Crippen LogP contribution in [-0.4, -0.2) is 40.2 Å². The number of fused-ring (bicyclic) bond motifs is 1. The summed E-state index contributed by atoms with van der Waals surface area (Å²) in [5, 5.41) is 10.5. The summed E-state index contributed by atoms with van der Waals surface area (Å²) in [6, 6.07) is 10.7. The summed E-state index contributed by atoms with van der Waals surface area (Å²) in [4.78, 5) is 18.8. The molecule has 1 saturated heterocycles. The Labute approximate surface area is 203 Å². The highest BCUT2D eigenvalue weighted by molar-refractivity contribution is 5.80. The van der Waals surface area contributed by atoms with E-state index in [9.17, 15) is 9.90 Å². The fraction of sp³-hybridized carbons (Fsp3) is 0.655. The lowest BCUT2D eigenvalue weighted by Gasteiger charge is -2.45. The van der Waals surface area contributed by atoms with Crippen molar-refractivity contribution < 1.29 is 14.6 Å². The first-order valence-corrected chi connectivity index (χ1v) is 13.5. The fourth-order valence-corrected chi connectivity index (χ4v) is 6.66. The average Bonchev–Trinajstić information content (AvgIpc) is 2.81. The second-order valence-electron chi connectivity index (χ2n) is 11.4. The number of carbonyl (C=O) groups is 1.